The minimum atomic E-state index is -0.394. The summed E-state index contributed by atoms with van der Waals surface area (Å²) in [6, 6.07) is 22.8. The predicted octanol–water partition coefficient (Wildman–Crippen LogP) is 6.37. The molecule has 1 heterocycles. The van der Waals surface area contributed by atoms with E-state index in [-0.39, 0.29) is 5.91 Å². The standard InChI is InChI=1S/C29H28N2O4S/c1-4-31-27(32)26(36-29(31)30-24-11-7-10-23(18-24)28(33)34-5-2)17-21-12-14-25(15-13-21)35-19-22-9-6-8-20(3)16-22/h6-18H,4-5,19H2,1-3H3. The van der Waals surface area contributed by atoms with Gasteiger partial charge in [0.15, 0.2) is 5.17 Å². The second kappa shape index (κ2) is 11.7. The van der Waals surface area contributed by atoms with Crippen molar-refractivity contribution in [1.29, 1.82) is 0 Å². The number of hydrogen-bond donors (Lipinski definition) is 0. The first-order valence-corrected chi connectivity index (χ1v) is 12.6. The van der Waals surface area contributed by atoms with Gasteiger partial charge in [0.2, 0.25) is 0 Å². The number of nitrogens with zero attached hydrogens (tertiary/aromatic N) is 2. The smallest absolute Gasteiger partial charge is 0.338 e. The minimum Gasteiger partial charge on any atom is -0.489 e. The number of amidine groups is 1. The summed E-state index contributed by atoms with van der Waals surface area (Å²) in [5.74, 6) is 0.277. The van der Waals surface area contributed by atoms with E-state index in [0.717, 1.165) is 16.9 Å². The van der Waals surface area contributed by atoms with Crippen LogP contribution in [0, 0.1) is 6.92 Å². The Balaban J connectivity index is 1.47. The lowest BCUT2D eigenvalue weighted by molar-refractivity contribution is -0.122. The van der Waals surface area contributed by atoms with Crippen LogP contribution in [0.15, 0.2) is 82.7 Å². The normalized spacial score (nSPS) is 15.5. The number of carbonyl (C=O) groups is 2. The van der Waals surface area contributed by atoms with Gasteiger partial charge in [0, 0.05) is 6.54 Å². The van der Waals surface area contributed by atoms with Crippen molar-refractivity contribution >= 4 is 40.6 Å². The molecule has 1 aliphatic heterocycles. The van der Waals surface area contributed by atoms with E-state index in [0.29, 0.717) is 41.1 Å². The van der Waals surface area contributed by atoms with Gasteiger partial charge in [-0.2, -0.15) is 0 Å². The van der Waals surface area contributed by atoms with E-state index in [1.165, 1.54) is 17.3 Å². The summed E-state index contributed by atoms with van der Waals surface area (Å²) >= 11 is 1.32. The van der Waals surface area contributed by atoms with E-state index in [1.807, 2.05) is 49.4 Å². The van der Waals surface area contributed by atoms with Crippen molar-refractivity contribution in [2.24, 2.45) is 4.99 Å². The van der Waals surface area contributed by atoms with E-state index in [4.69, 9.17) is 9.47 Å². The van der Waals surface area contributed by atoms with Crippen molar-refractivity contribution in [2.75, 3.05) is 13.2 Å². The Morgan fingerprint density at radius 2 is 1.81 bits per heavy atom. The van der Waals surface area contributed by atoms with E-state index >= 15 is 0 Å². The first-order chi connectivity index (χ1) is 17.5. The highest BCUT2D eigenvalue weighted by atomic mass is 32.2. The number of hydrogen-bond acceptors (Lipinski definition) is 6. The third-order valence-electron chi connectivity index (χ3n) is 5.45. The van der Waals surface area contributed by atoms with Gasteiger partial charge in [-0.05, 0) is 80.1 Å². The average molecular weight is 501 g/mol. The Morgan fingerprint density at radius 1 is 1.03 bits per heavy atom. The zero-order valence-corrected chi connectivity index (χ0v) is 21.4. The summed E-state index contributed by atoms with van der Waals surface area (Å²) < 4.78 is 11.0. The number of carbonyl (C=O) groups excluding carboxylic acids is 2. The van der Waals surface area contributed by atoms with Crippen LogP contribution in [0.1, 0.15) is 40.9 Å². The minimum absolute atomic E-state index is 0.0948. The van der Waals surface area contributed by atoms with Gasteiger partial charge in [-0.3, -0.25) is 9.69 Å². The summed E-state index contributed by atoms with van der Waals surface area (Å²) in [5, 5.41) is 0.577. The van der Waals surface area contributed by atoms with Crippen LogP contribution in [-0.4, -0.2) is 35.1 Å². The average Bonchev–Trinajstić information content (AvgIpc) is 3.17. The van der Waals surface area contributed by atoms with Crippen LogP contribution in [0.25, 0.3) is 6.08 Å². The molecule has 7 heteroatoms. The van der Waals surface area contributed by atoms with Crippen molar-refractivity contribution in [1.82, 2.24) is 4.90 Å². The molecule has 3 aromatic rings. The number of benzene rings is 3. The quantitative estimate of drug-likeness (QED) is 0.265. The molecule has 1 fully saturated rings. The van der Waals surface area contributed by atoms with Gasteiger partial charge in [-0.15, -0.1) is 0 Å². The number of aliphatic imine (C=N–C) groups is 1. The number of ether oxygens (including phenoxy) is 2. The van der Waals surface area contributed by atoms with Gasteiger partial charge in [0.1, 0.15) is 12.4 Å². The van der Waals surface area contributed by atoms with Gasteiger partial charge in [-0.1, -0.05) is 48.0 Å². The largest absolute Gasteiger partial charge is 0.489 e. The van der Waals surface area contributed by atoms with Crippen LogP contribution in [0.4, 0.5) is 5.69 Å². The van der Waals surface area contributed by atoms with Gasteiger partial charge in [-0.25, -0.2) is 9.79 Å². The van der Waals surface area contributed by atoms with Crippen LogP contribution < -0.4 is 4.74 Å². The lowest BCUT2D eigenvalue weighted by Gasteiger charge is -2.12. The molecule has 0 spiro atoms. The molecule has 1 aliphatic rings. The summed E-state index contributed by atoms with van der Waals surface area (Å²) in [6.07, 6.45) is 1.86. The lowest BCUT2D eigenvalue weighted by atomic mass is 10.1. The molecule has 1 amide bonds. The highest BCUT2D eigenvalue weighted by molar-refractivity contribution is 8.18. The molecule has 0 aliphatic carbocycles. The van der Waals surface area contributed by atoms with Crippen molar-refractivity contribution in [3.05, 3.63) is 100.0 Å². The Morgan fingerprint density at radius 3 is 2.53 bits per heavy atom. The summed E-state index contributed by atoms with van der Waals surface area (Å²) in [5.41, 5.74) is 4.23. The number of esters is 1. The summed E-state index contributed by atoms with van der Waals surface area (Å²) in [7, 11) is 0. The van der Waals surface area contributed by atoms with Crippen molar-refractivity contribution in [2.45, 2.75) is 27.4 Å². The Labute approximate surface area is 215 Å². The topological polar surface area (TPSA) is 68.2 Å². The van der Waals surface area contributed by atoms with Crippen LogP contribution in [0.3, 0.4) is 0 Å². The molecule has 0 atom stereocenters. The molecule has 36 heavy (non-hydrogen) atoms. The maximum absolute atomic E-state index is 13.0. The fraction of sp³-hybridized carbons (Fsp3) is 0.207. The van der Waals surface area contributed by atoms with E-state index in [1.54, 1.807) is 36.1 Å². The van der Waals surface area contributed by atoms with E-state index in [2.05, 4.69) is 24.0 Å². The second-order valence-corrected chi connectivity index (χ2v) is 9.18. The molecule has 0 unspecified atom stereocenters. The summed E-state index contributed by atoms with van der Waals surface area (Å²) in [4.78, 5) is 31.9. The van der Waals surface area contributed by atoms with Gasteiger partial charge in [0.05, 0.1) is 22.8 Å². The first kappa shape index (κ1) is 25.3. The zero-order valence-electron chi connectivity index (χ0n) is 20.6. The maximum Gasteiger partial charge on any atom is 0.338 e. The number of rotatable bonds is 8. The number of aryl methyl sites for hydroxylation is 1. The third kappa shape index (κ3) is 6.23. The van der Waals surface area contributed by atoms with E-state index < -0.39 is 5.97 Å². The SMILES string of the molecule is CCOC(=O)c1cccc(N=C2SC(=Cc3ccc(OCc4cccc(C)c4)cc3)C(=O)N2CC)c1. The number of amides is 1. The number of thioether (sulfide) groups is 1. The van der Waals surface area contributed by atoms with Crippen molar-refractivity contribution < 1.29 is 19.1 Å². The molecule has 4 rings (SSSR count). The van der Waals surface area contributed by atoms with E-state index in [9.17, 15) is 9.59 Å². The Kier molecular flexibility index (Phi) is 8.23. The summed E-state index contributed by atoms with van der Waals surface area (Å²) in [6.45, 7) is 7.03. The lowest BCUT2D eigenvalue weighted by Crippen LogP contribution is -2.28. The molecule has 3 aromatic carbocycles. The zero-order chi connectivity index (χ0) is 25.5. The molecular weight excluding hydrogens is 472 g/mol. The molecule has 184 valence electrons. The van der Waals surface area contributed by atoms with Gasteiger partial charge < -0.3 is 9.47 Å². The molecule has 1 saturated heterocycles. The second-order valence-electron chi connectivity index (χ2n) is 8.17. The third-order valence-corrected chi connectivity index (χ3v) is 6.46. The van der Waals surface area contributed by atoms with Crippen LogP contribution in [-0.2, 0) is 16.1 Å². The van der Waals surface area contributed by atoms with Crippen molar-refractivity contribution in [3.8, 4) is 5.75 Å². The molecule has 0 saturated carbocycles. The van der Waals surface area contributed by atoms with Crippen LogP contribution in [0.2, 0.25) is 0 Å². The fourth-order valence-electron chi connectivity index (χ4n) is 3.68. The number of likely N-dealkylation sites (N-methyl/N-ethyl adjacent to an activating group) is 1. The highest BCUT2D eigenvalue weighted by Gasteiger charge is 2.32. The monoisotopic (exact) mass is 500 g/mol. The molecule has 0 bridgehead atoms. The highest BCUT2D eigenvalue weighted by Crippen LogP contribution is 2.34. The van der Waals surface area contributed by atoms with Gasteiger partial charge >= 0.3 is 5.97 Å². The first-order valence-electron chi connectivity index (χ1n) is 11.8. The van der Waals surface area contributed by atoms with Crippen LogP contribution >= 0.6 is 11.8 Å². The molecule has 6 nitrogen and oxygen atoms in total. The molecule has 0 aromatic heterocycles. The fourth-order valence-corrected chi connectivity index (χ4v) is 4.74. The van der Waals surface area contributed by atoms with Crippen LogP contribution in [0.5, 0.6) is 5.75 Å². The Hall–Kier alpha value is -3.84. The maximum atomic E-state index is 13.0. The molecule has 0 N–H and O–H groups in total. The predicted molar refractivity (Wildman–Crippen MR) is 144 cm³/mol. The molecular formula is C29H28N2O4S. The van der Waals surface area contributed by atoms with Gasteiger partial charge in [0.25, 0.3) is 5.91 Å². The Bertz CT molecular complexity index is 1310. The van der Waals surface area contributed by atoms with Crippen molar-refractivity contribution in [3.63, 3.8) is 0 Å². The molecule has 0 radical (unpaired) electrons.